The maximum atomic E-state index is 12.3. The Morgan fingerprint density at radius 2 is 2.17 bits per heavy atom. The molecule has 1 heterocycles. The molecule has 0 saturated heterocycles. The highest BCUT2D eigenvalue weighted by Gasteiger charge is 2.20. The van der Waals surface area contributed by atoms with Gasteiger partial charge in [-0.2, -0.15) is 0 Å². The average molecular weight is 245 g/mol. The molecule has 0 saturated carbocycles. The predicted octanol–water partition coefficient (Wildman–Crippen LogP) is 2.96. The number of aryl methyl sites for hydroxylation is 1. The summed E-state index contributed by atoms with van der Waals surface area (Å²) in [4.78, 5) is 13.8. The molecule has 4 nitrogen and oxygen atoms in total. The molecule has 18 heavy (non-hydrogen) atoms. The lowest BCUT2D eigenvalue weighted by molar-refractivity contribution is 0.0961. The monoisotopic (exact) mass is 245 g/mol. The van der Waals surface area contributed by atoms with Crippen LogP contribution in [0.1, 0.15) is 23.0 Å². The third kappa shape index (κ3) is 2.22. The number of phenolic OH excluding ortho intramolecular Hbond substituents is 1. The van der Waals surface area contributed by atoms with Gasteiger partial charge in [-0.15, -0.1) is 0 Å². The van der Waals surface area contributed by atoms with Crippen molar-refractivity contribution in [3.8, 4) is 5.75 Å². The molecule has 0 aliphatic rings. The van der Waals surface area contributed by atoms with Crippen LogP contribution in [0.2, 0.25) is 0 Å². The smallest absolute Gasteiger partial charge is 0.293 e. The molecule has 2 aromatic rings. The molecule has 0 radical (unpaired) electrons. The molecule has 1 amide bonds. The largest absolute Gasteiger partial charge is 0.508 e. The van der Waals surface area contributed by atoms with Gasteiger partial charge in [0.1, 0.15) is 5.75 Å². The second-order valence-corrected chi connectivity index (χ2v) is 4.00. The number of nitrogens with zero attached hydrogens (tertiary/aromatic N) is 1. The van der Waals surface area contributed by atoms with Crippen LogP contribution in [0.5, 0.6) is 5.75 Å². The zero-order chi connectivity index (χ0) is 13.1. The van der Waals surface area contributed by atoms with Crippen LogP contribution in [0.4, 0.5) is 5.69 Å². The molecule has 2 rings (SSSR count). The average Bonchev–Trinajstić information content (AvgIpc) is 2.88. The summed E-state index contributed by atoms with van der Waals surface area (Å²) in [5.41, 5.74) is 1.62. The lowest BCUT2D eigenvalue weighted by Gasteiger charge is -2.22. The molecular weight excluding hydrogens is 230 g/mol. The van der Waals surface area contributed by atoms with E-state index in [9.17, 15) is 9.90 Å². The van der Waals surface area contributed by atoms with Crippen molar-refractivity contribution in [1.82, 2.24) is 0 Å². The van der Waals surface area contributed by atoms with E-state index >= 15 is 0 Å². The fourth-order valence-electron chi connectivity index (χ4n) is 1.85. The third-order valence-corrected chi connectivity index (χ3v) is 2.78. The zero-order valence-electron chi connectivity index (χ0n) is 10.4. The van der Waals surface area contributed by atoms with Crippen molar-refractivity contribution in [2.75, 3.05) is 11.4 Å². The van der Waals surface area contributed by atoms with E-state index in [1.54, 1.807) is 35.2 Å². The number of amides is 1. The Bertz CT molecular complexity index is 546. The van der Waals surface area contributed by atoms with Gasteiger partial charge in [0.15, 0.2) is 5.76 Å². The minimum Gasteiger partial charge on any atom is -0.508 e. The number of rotatable bonds is 3. The molecule has 0 aliphatic carbocycles. The molecule has 1 N–H and O–H groups in total. The van der Waals surface area contributed by atoms with Gasteiger partial charge in [0.25, 0.3) is 5.91 Å². The van der Waals surface area contributed by atoms with Gasteiger partial charge in [0, 0.05) is 12.6 Å². The Morgan fingerprint density at radius 1 is 1.39 bits per heavy atom. The van der Waals surface area contributed by atoms with E-state index in [2.05, 4.69) is 0 Å². The lowest BCUT2D eigenvalue weighted by atomic mass is 10.1. The van der Waals surface area contributed by atoms with Crippen LogP contribution in [0.3, 0.4) is 0 Å². The highest BCUT2D eigenvalue weighted by Crippen LogP contribution is 2.26. The van der Waals surface area contributed by atoms with Crippen molar-refractivity contribution in [2.24, 2.45) is 0 Å². The Balaban J connectivity index is 2.39. The van der Waals surface area contributed by atoms with E-state index in [0.29, 0.717) is 18.0 Å². The first-order valence-corrected chi connectivity index (χ1v) is 5.78. The summed E-state index contributed by atoms with van der Waals surface area (Å²) in [6.45, 7) is 4.28. The van der Waals surface area contributed by atoms with E-state index in [-0.39, 0.29) is 11.7 Å². The fraction of sp³-hybridized carbons (Fsp3) is 0.214. The zero-order valence-corrected chi connectivity index (χ0v) is 10.4. The summed E-state index contributed by atoms with van der Waals surface area (Å²) in [7, 11) is 0. The molecule has 0 aliphatic heterocycles. The van der Waals surface area contributed by atoms with Gasteiger partial charge in [-0.1, -0.05) is 6.07 Å². The van der Waals surface area contributed by atoms with Gasteiger partial charge in [-0.05, 0) is 37.6 Å². The van der Waals surface area contributed by atoms with Crippen molar-refractivity contribution in [3.05, 3.63) is 47.9 Å². The minimum absolute atomic E-state index is 0.140. The first kappa shape index (κ1) is 12.2. The standard InChI is InChI=1S/C14H15NO3/c1-3-15(14(17)13-5-4-8-18-13)12-9-11(16)7-6-10(12)2/h4-9,16H,3H2,1-2H3. The Kier molecular flexibility index (Phi) is 3.37. The van der Waals surface area contributed by atoms with Crippen LogP contribution in [0, 0.1) is 6.92 Å². The highest BCUT2D eigenvalue weighted by molar-refractivity contribution is 6.04. The summed E-state index contributed by atoms with van der Waals surface area (Å²) in [5.74, 6) is 0.220. The quantitative estimate of drug-likeness (QED) is 0.904. The normalized spacial score (nSPS) is 10.3. The molecule has 0 fully saturated rings. The van der Waals surface area contributed by atoms with Crippen LogP contribution in [0.25, 0.3) is 0 Å². The Hall–Kier alpha value is -2.23. The first-order valence-electron chi connectivity index (χ1n) is 5.78. The maximum Gasteiger partial charge on any atom is 0.293 e. The number of furan rings is 1. The van der Waals surface area contributed by atoms with Gasteiger partial charge < -0.3 is 14.4 Å². The number of anilines is 1. The summed E-state index contributed by atoms with van der Waals surface area (Å²) in [5, 5.41) is 9.53. The fourth-order valence-corrected chi connectivity index (χ4v) is 1.85. The van der Waals surface area contributed by atoms with Crippen LogP contribution >= 0.6 is 0 Å². The Labute approximate surface area is 105 Å². The molecule has 94 valence electrons. The molecule has 0 atom stereocenters. The highest BCUT2D eigenvalue weighted by atomic mass is 16.3. The minimum atomic E-state index is -0.212. The second-order valence-electron chi connectivity index (χ2n) is 4.00. The van der Waals surface area contributed by atoms with Crippen molar-refractivity contribution < 1.29 is 14.3 Å². The molecule has 0 unspecified atom stereocenters. The Morgan fingerprint density at radius 3 is 2.78 bits per heavy atom. The number of hydrogen-bond donors (Lipinski definition) is 1. The predicted molar refractivity (Wildman–Crippen MR) is 68.9 cm³/mol. The van der Waals surface area contributed by atoms with Crippen LogP contribution < -0.4 is 4.90 Å². The van der Waals surface area contributed by atoms with Gasteiger partial charge in [-0.3, -0.25) is 4.79 Å². The third-order valence-electron chi connectivity index (χ3n) is 2.78. The number of aromatic hydroxyl groups is 1. The molecule has 1 aromatic heterocycles. The number of hydrogen-bond acceptors (Lipinski definition) is 3. The topological polar surface area (TPSA) is 53.7 Å². The summed E-state index contributed by atoms with van der Waals surface area (Å²) < 4.78 is 5.12. The van der Waals surface area contributed by atoms with Crippen LogP contribution in [0.15, 0.2) is 41.0 Å². The van der Waals surface area contributed by atoms with Gasteiger partial charge in [-0.25, -0.2) is 0 Å². The van der Waals surface area contributed by atoms with E-state index in [4.69, 9.17) is 4.42 Å². The van der Waals surface area contributed by atoms with Crippen molar-refractivity contribution >= 4 is 11.6 Å². The lowest BCUT2D eigenvalue weighted by Crippen LogP contribution is -2.30. The number of carbonyl (C=O) groups excluding carboxylic acids is 1. The number of benzene rings is 1. The van der Waals surface area contributed by atoms with Gasteiger partial charge in [0.05, 0.1) is 12.0 Å². The summed E-state index contributed by atoms with van der Waals surface area (Å²) in [6, 6.07) is 8.27. The summed E-state index contributed by atoms with van der Waals surface area (Å²) >= 11 is 0. The SMILES string of the molecule is CCN(C(=O)c1ccco1)c1cc(O)ccc1C. The van der Waals surface area contributed by atoms with Crippen molar-refractivity contribution in [3.63, 3.8) is 0 Å². The molecule has 1 aromatic carbocycles. The van der Waals surface area contributed by atoms with Gasteiger partial charge >= 0.3 is 0 Å². The molecular formula is C14H15NO3. The molecule has 0 bridgehead atoms. The van der Waals surface area contributed by atoms with E-state index < -0.39 is 0 Å². The van der Waals surface area contributed by atoms with E-state index in [0.717, 1.165) is 5.56 Å². The van der Waals surface area contributed by atoms with Gasteiger partial charge in [0.2, 0.25) is 0 Å². The molecule has 4 heteroatoms. The van der Waals surface area contributed by atoms with Crippen molar-refractivity contribution in [2.45, 2.75) is 13.8 Å². The number of carbonyl (C=O) groups is 1. The second kappa shape index (κ2) is 4.96. The van der Waals surface area contributed by atoms with Crippen molar-refractivity contribution in [1.29, 1.82) is 0 Å². The van der Waals surface area contributed by atoms with E-state index in [1.807, 2.05) is 13.8 Å². The first-order chi connectivity index (χ1) is 8.63. The summed E-state index contributed by atoms with van der Waals surface area (Å²) in [6.07, 6.45) is 1.47. The molecule has 0 spiro atoms. The van der Waals surface area contributed by atoms with Crippen LogP contribution in [-0.2, 0) is 0 Å². The van der Waals surface area contributed by atoms with Crippen LogP contribution in [-0.4, -0.2) is 17.6 Å². The van der Waals surface area contributed by atoms with E-state index in [1.165, 1.54) is 6.26 Å². The number of phenols is 1. The maximum absolute atomic E-state index is 12.3.